The van der Waals surface area contributed by atoms with E-state index < -0.39 is 38.3 Å². The molecule has 0 amide bonds. The molecule has 0 radical (unpaired) electrons. The number of halogens is 3. The zero-order chi connectivity index (χ0) is 23.7. The highest BCUT2D eigenvalue weighted by Crippen LogP contribution is 2.37. The molecule has 1 aliphatic heterocycles. The molecule has 3 rings (SSSR count). The molecule has 0 atom stereocenters. The lowest BCUT2D eigenvalue weighted by Gasteiger charge is -2.35. The minimum Gasteiger partial charge on any atom is -0.481 e. The van der Waals surface area contributed by atoms with Gasteiger partial charge in [0, 0.05) is 32.2 Å². The van der Waals surface area contributed by atoms with Crippen LogP contribution in [0.3, 0.4) is 0 Å². The molecule has 0 saturated carbocycles. The van der Waals surface area contributed by atoms with E-state index in [1.807, 2.05) is 0 Å². The Morgan fingerprint density at radius 2 is 1.75 bits per heavy atom. The van der Waals surface area contributed by atoms with Crippen LogP contribution < -0.4 is 4.90 Å². The van der Waals surface area contributed by atoms with Gasteiger partial charge in [-0.05, 0) is 29.8 Å². The number of aliphatic carboxylic acids is 1. The van der Waals surface area contributed by atoms with Crippen LogP contribution in [-0.4, -0.2) is 54.9 Å². The molecule has 1 fully saturated rings. The number of hydrogen-bond donors (Lipinski definition) is 1. The minimum absolute atomic E-state index is 0.0245. The maximum Gasteiger partial charge on any atom is 0.416 e. The van der Waals surface area contributed by atoms with Crippen LogP contribution in [-0.2, 0) is 27.4 Å². The highest BCUT2D eigenvalue weighted by Gasteiger charge is 2.35. The summed E-state index contributed by atoms with van der Waals surface area (Å²) in [5.74, 6) is -1.11. The van der Waals surface area contributed by atoms with Crippen LogP contribution in [0.15, 0.2) is 47.4 Å². The highest BCUT2D eigenvalue weighted by atomic mass is 32.2. The Labute approximate surface area is 180 Å². The molecule has 0 aromatic heterocycles. The number of nitro benzene ring substituents is 1. The van der Waals surface area contributed by atoms with Crippen LogP contribution in [0.25, 0.3) is 0 Å². The Morgan fingerprint density at radius 3 is 2.31 bits per heavy atom. The number of nitro groups is 1. The first-order valence-corrected chi connectivity index (χ1v) is 10.7. The van der Waals surface area contributed by atoms with Crippen molar-refractivity contribution in [2.45, 2.75) is 17.5 Å². The molecule has 1 heterocycles. The molecule has 0 unspecified atom stereocenters. The quantitative estimate of drug-likeness (QED) is 0.506. The first-order chi connectivity index (χ1) is 14.9. The van der Waals surface area contributed by atoms with Gasteiger partial charge in [0.15, 0.2) is 0 Å². The SMILES string of the molecule is O=C(O)Cc1cccc(S(=O)(=O)N2CCN(c3ccc(C(F)(F)F)cc3[N+](=O)[O-])CC2)c1. The molecule has 1 saturated heterocycles. The van der Waals surface area contributed by atoms with Crippen molar-refractivity contribution in [3.8, 4) is 0 Å². The molecule has 32 heavy (non-hydrogen) atoms. The summed E-state index contributed by atoms with van der Waals surface area (Å²) in [5, 5.41) is 20.2. The van der Waals surface area contributed by atoms with Crippen LogP contribution in [0.1, 0.15) is 11.1 Å². The molecule has 2 aromatic rings. The Morgan fingerprint density at radius 1 is 1.09 bits per heavy atom. The summed E-state index contributed by atoms with van der Waals surface area (Å²) in [6.07, 6.45) is -5.07. The molecule has 13 heteroatoms. The smallest absolute Gasteiger partial charge is 0.416 e. The van der Waals surface area contributed by atoms with Gasteiger partial charge in [0.2, 0.25) is 10.0 Å². The largest absolute Gasteiger partial charge is 0.481 e. The molecule has 1 N–H and O–H groups in total. The van der Waals surface area contributed by atoms with Gasteiger partial charge in [-0.15, -0.1) is 0 Å². The maximum absolute atomic E-state index is 12.9. The van der Waals surface area contributed by atoms with Crippen molar-refractivity contribution in [3.63, 3.8) is 0 Å². The number of sulfonamides is 1. The zero-order valence-corrected chi connectivity index (χ0v) is 17.3. The average Bonchev–Trinajstić information content (AvgIpc) is 2.72. The predicted molar refractivity (Wildman–Crippen MR) is 107 cm³/mol. The number of anilines is 1. The van der Waals surface area contributed by atoms with Crippen LogP contribution in [0.2, 0.25) is 0 Å². The topological polar surface area (TPSA) is 121 Å². The van der Waals surface area contributed by atoms with Gasteiger partial charge in [0.25, 0.3) is 5.69 Å². The third-order valence-corrected chi connectivity index (χ3v) is 6.86. The zero-order valence-electron chi connectivity index (χ0n) is 16.4. The van der Waals surface area contributed by atoms with Gasteiger partial charge in [-0.1, -0.05) is 12.1 Å². The number of carboxylic acid groups (broad SMARTS) is 1. The summed E-state index contributed by atoms with van der Waals surface area (Å²) in [6.45, 7) is -0.0478. The van der Waals surface area contributed by atoms with E-state index in [0.717, 1.165) is 16.4 Å². The van der Waals surface area contributed by atoms with Gasteiger partial charge in [-0.2, -0.15) is 17.5 Å². The average molecular weight is 473 g/mol. The second-order valence-corrected chi connectivity index (χ2v) is 9.01. The van der Waals surface area contributed by atoms with Crippen molar-refractivity contribution in [2.24, 2.45) is 0 Å². The molecule has 172 valence electrons. The maximum atomic E-state index is 12.9. The lowest BCUT2D eigenvalue weighted by Crippen LogP contribution is -2.48. The summed E-state index contributed by atoms with van der Waals surface area (Å²) < 4.78 is 65.7. The molecular weight excluding hydrogens is 455 g/mol. The van der Waals surface area contributed by atoms with Crippen LogP contribution >= 0.6 is 0 Å². The van der Waals surface area contributed by atoms with Gasteiger partial charge in [0.05, 0.1) is 21.8 Å². The fourth-order valence-electron chi connectivity index (χ4n) is 3.42. The number of piperazine rings is 1. The Hall–Kier alpha value is -3.19. The lowest BCUT2D eigenvalue weighted by molar-refractivity contribution is -0.384. The van der Waals surface area contributed by atoms with Crippen molar-refractivity contribution in [1.82, 2.24) is 4.31 Å². The molecule has 0 spiro atoms. The normalized spacial score (nSPS) is 15.5. The highest BCUT2D eigenvalue weighted by molar-refractivity contribution is 7.89. The van der Waals surface area contributed by atoms with Crippen molar-refractivity contribution in [3.05, 3.63) is 63.7 Å². The summed E-state index contributed by atoms with van der Waals surface area (Å²) in [6, 6.07) is 7.78. The Balaban J connectivity index is 1.79. The number of hydrogen-bond acceptors (Lipinski definition) is 6. The van der Waals surface area contributed by atoms with E-state index in [-0.39, 0.29) is 43.2 Å². The number of carboxylic acids is 1. The van der Waals surface area contributed by atoms with Crippen molar-refractivity contribution >= 4 is 27.4 Å². The fourth-order valence-corrected chi connectivity index (χ4v) is 4.92. The first kappa shape index (κ1) is 23.5. The van der Waals surface area contributed by atoms with E-state index >= 15 is 0 Å². The van der Waals surface area contributed by atoms with Gasteiger partial charge in [-0.25, -0.2) is 8.42 Å². The summed E-state index contributed by atoms with van der Waals surface area (Å²) in [5.41, 5.74) is -1.56. The number of nitrogens with zero attached hydrogens (tertiary/aromatic N) is 3. The molecule has 0 aliphatic carbocycles. The second-order valence-electron chi connectivity index (χ2n) is 7.07. The molecular formula is C19H18F3N3O6S. The number of benzene rings is 2. The second kappa shape index (κ2) is 8.74. The van der Waals surface area contributed by atoms with Crippen molar-refractivity contribution < 1.29 is 36.4 Å². The summed E-state index contributed by atoms with van der Waals surface area (Å²) in [7, 11) is -3.95. The Bertz CT molecular complexity index is 1150. The number of rotatable bonds is 6. The lowest BCUT2D eigenvalue weighted by atomic mass is 10.1. The van der Waals surface area contributed by atoms with Gasteiger partial charge in [-0.3, -0.25) is 14.9 Å². The standard InChI is InChI=1S/C19H18F3N3O6S/c20-19(21,22)14-4-5-16(17(12-14)25(28)29)23-6-8-24(9-7-23)32(30,31)15-3-1-2-13(10-15)11-18(26)27/h1-5,10,12H,6-9,11H2,(H,26,27). The van der Waals surface area contributed by atoms with Crippen LogP contribution in [0.5, 0.6) is 0 Å². The number of alkyl halides is 3. The van der Waals surface area contributed by atoms with E-state index in [4.69, 9.17) is 5.11 Å². The molecule has 1 aliphatic rings. The van der Waals surface area contributed by atoms with E-state index in [2.05, 4.69) is 0 Å². The van der Waals surface area contributed by atoms with Crippen molar-refractivity contribution in [2.75, 3.05) is 31.1 Å². The summed E-state index contributed by atoms with van der Waals surface area (Å²) >= 11 is 0. The summed E-state index contributed by atoms with van der Waals surface area (Å²) in [4.78, 5) is 22.7. The van der Waals surface area contributed by atoms with Crippen molar-refractivity contribution in [1.29, 1.82) is 0 Å². The molecule has 9 nitrogen and oxygen atoms in total. The van der Waals surface area contributed by atoms with Crippen LogP contribution in [0, 0.1) is 10.1 Å². The fraction of sp³-hybridized carbons (Fsp3) is 0.316. The Kier molecular flexibility index (Phi) is 6.41. The van der Waals surface area contributed by atoms with E-state index in [1.54, 1.807) is 0 Å². The molecule has 2 aromatic carbocycles. The third-order valence-electron chi connectivity index (χ3n) is 4.97. The minimum atomic E-state index is -4.73. The first-order valence-electron chi connectivity index (χ1n) is 9.31. The van der Waals surface area contributed by atoms with Gasteiger partial charge in [0.1, 0.15) is 5.69 Å². The van der Waals surface area contributed by atoms with E-state index in [9.17, 15) is 36.5 Å². The number of carbonyl (C=O) groups is 1. The van der Waals surface area contributed by atoms with E-state index in [0.29, 0.717) is 11.6 Å². The van der Waals surface area contributed by atoms with E-state index in [1.165, 1.54) is 29.2 Å². The van der Waals surface area contributed by atoms with Gasteiger partial charge >= 0.3 is 12.1 Å². The third kappa shape index (κ3) is 4.99. The predicted octanol–water partition coefficient (Wildman–Crippen LogP) is 2.75. The van der Waals surface area contributed by atoms with Crippen LogP contribution in [0.4, 0.5) is 24.5 Å². The van der Waals surface area contributed by atoms with Gasteiger partial charge < -0.3 is 10.0 Å². The molecule has 0 bridgehead atoms. The monoisotopic (exact) mass is 473 g/mol.